The summed E-state index contributed by atoms with van der Waals surface area (Å²) in [5.74, 6) is 0. The summed E-state index contributed by atoms with van der Waals surface area (Å²) in [6, 6.07) is 8.49. The molecule has 22 heavy (non-hydrogen) atoms. The first-order chi connectivity index (χ1) is 10.5. The van der Waals surface area contributed by atoms with Crippen LogP contribution in [0, 0.1) is 5.41 Å². The number of benzene rings is 1. The second-order valence-electron chi connectivity index (χ2n) is 6.91. The molecule has 1 aromatic rings. The number of aliphatic hydroxyl groups is 1. The van der Waals surface area contributed by atoms with Gasteiger partial charge in [0.15, 0.2) is 0 Å². The number of nitrogens with one attached hydrogen (secondary N) is 1. The number of fused-ring (bicyclic) bond motifs is 1. The van der Waals surface area contributed by atoms with Gasteiger partial charge < -0.3 is 15.3 Å². The molecule has 2 amide bonds. The highest BCUT2D eigenvalue weighted by molar-refractivity contribution is 5.74. The third kappa shape index (κ3) is 4.73. The summed E-state index contributed by atoms with van der Waals surface area (Å²) in [5.41, 5.74) is 2.67. The molecule has 1 aliphatic heterocycles. The first-order valence-corrected chi connectivity index (χ1v) is 8.22. The van der Waals surface area contributed by atoms with Crippen LogP contribution in [0.15, 0.2) is 24.3 Å². The molecule has 4 heteroatoms. The molecular weight excluding hydrogens is 276 g/mol. The maximum Gasteiger partial charge on any atom is 0.317 e. The Bertz CT molecular complexity index is 473. The second kappa shape index (κ2) is 7.63. The summed E-state index contributed by atoms with van der Waals surface area (Å²) in [7, 11) is 0. The predicted octanol–water partition coefficient (Wildman–Crippen LogP) is 2.60. The molecule has 0 aliphatic carbocycles. The van der Waals surface area contributed by atoms with Crippen LogP contribution in [-0.4, -0.2) is 42.3 Å². The zero-order valence-corrected chi connectivity index (χ0v) is 13.8. The van der Waals surface area contributed by atoms with E-state index in [-0.39, 0.29) is 18.1 Å². The van der Waals surface area contributed by atoms with Gasteiger partial charge in [-0.3, -0.25) is 0 Å². The third-order valence-corrected chi connectivity index (χ3v) is 4.44. The summed E-state index contributed by atoms with van der Waals surface area (Å²) in [6.45, 7) is 6.51. The van der Waals surface area contributed by atoms with E-state index in [4.69, 9.17) is 0 Å². The van der Waals surface area contributed by atoms with Gasteiger partial charge in [0.1, 0.15) is 0 Å². The van der Waals surface area contributed by atoms with Crippen LogP contribution >= 0.6 is 0 Å². The van der Waals surface area contributed by atoms with Gasteiger partial charge in [0, 0.05) is 26.2 Å². The van der Waals surface area contributed by atoms with Gasteiger partial charge in [-0.15, -0.1) is 0 Å². The Morgan fingerprint density at radius 1 is 1.23 bits per heavy atom. The smallest absolute Gasteiger partial charge is 0.317 e. The van der Waals surface area contributed by atoms with E-state index in [0.29, 0.717) is 6.54 Å². The summed E-state index contributed by atoms with van der Waals surface area (Å²) < 4.78 is 0. The number of hydrogen-bond acceptors (Lipinski definition) is 2. The number of urea groups is 1. The Hall–Kier alpha value is -1.55. The van der Waals surface area contributed by atoms with Crippen molar-refractivity contribution in [3.8, 4) is 0 Å². The lowest BCUT2D eigenvalue weighted by atomic mass is 9.89. The van der Waals surface area contributed by atoms with Crippen molar-refractivity contribution in [1.29, 1.82) is 0 Å². The summed E-state index contributed by atoms with van der Waals surface area (Å²) in [4.78, 5) is 14.2. The van der Waals surface area contributed by atoms with Crippen LogP contribution in [0.5, 0.6) is 0 Å². The van der Waals surface area contributed by atoms with Crippen molar-refractivity contribution >= 4 is 6.03 Å². The van der Waals surface area contributed by atoms with Crippen molar-refractivity contribution in [2.24, 2.45) is 5.41 Å². The molecule has 0 bridgehead atoms. The number of amides is 2. The van der Waals surface area contributed by atoms with Gasteiger partial charge in [0.05, 0.1) is 0 Å². The molecule has 4 nitrogen and oxygen atoms in total. The van der Waals surface area contributed by atoms with E-state index in [0.717, 1.165) is 38.8 Å². The lowest BCUT2D eigenvalue weighted by Gasteiger charge is -2.23. The average Bonchev–Trinajstić information content (AvgIpc) is 2.74. The second-order valence-corrected chi connectivity index (χ2v) is 6.91. The van der Waals surface area contributed by atoms with Crippen molar-refractivity contribution in [3.05, 3.63) is 35.4 Å². The molecule has 0 atom stereocenters. The third-order valence-electron chi connectivity index (χ3n) is 4.44. The molecule has 1 heterocycles. The van der Waals surface area contributed by atoms with Crippen molar-refractivity contribution < 1.29 is 9.90 Å². The van der Waals surface area contributed by atoms with Crippen LogP contribution < -0.4 is 5.32 Å². The summed E-state index contributed by atoms with van der Waals surface area (Å²) >= 11 is 0. The van der Waals surface area contributed by atoms with Crippen LogP contribution in [0.1, 0.15) is 37.8 Å². The lowest BCUT2D eigenvalue weighted by molar-refractivity contribution is 0.147. The number of carbonyl (C=O) groups excluding carboxylic acids is 1. The van der Waals surface area contributed by atoms with Crippen LogP contribution in [0.4, 0.5) is 4.79 Å². The first kappa shape index (κ1) is 16.8. The zero-order valence-electron chi connectivity index (χ0n) is 13.8. The molecule has 1 aromatic carbocycles. The molecular formula is C18H28N2O2. The molecule has 0 fully saturated rings. The molecule has 0 saturated heterocycles. The van der Waals surface area contributed by atoms with Crippen molar-refractivity contribution in [1.82, 2.24) is 10.2 Å². The van der Waals surface area contributed by atoms with E-state index in [2.05, 4.69) is 29.6 Å². The van der Waals surface area contributed by atoms with Gasteiger partial charge in [0.25, 0.3) is 0 Å². The Morgan fingerprint density at radius 2 is 1.82 bits per heavy atom. The number of nitrogens with zero attached hydrogens (tertiary/aromatic N) is 1. The van der Waals surface area contributed by atoms with Crippen LogP contribution in [-0.2, 0) is 12.8 Å². The van der Waals surface area contributed by atoms with Gasteiger partial charge in [-0.1, -0.05) is 38.1 Å². The van der Waals surface area contributed by atoms with Gasteiger partial charge in [-0.2, -0.15) is 0 Å². The van der Waals surface area contributed by atoms with Crippen molar-refractivity contribution in [2.45, 2.75) is 39.5 Å². The Labute approximate surface area is 133 Å². The molecule has 0 radical (unpaired) electrons. The van der Waals surface area contributed by atoms with E-state index in [9.17, 15) is 9.90 Å². The minimum absolute atomic E-state index is 0.0367. The predicted molar refractivity (Wildman–Crippen MR) is 88.9 cm³/mol. The lowest BCUT2D eigenvalue weighted by Crippen LogP contribution is -2.41. The topological polar surface area (TPSA) is 52.6 Å². The number of aliphatic hydroxyl groups excluding tert-OH is 1. The van der Waals surface area contributed by atoms with Gasteiger partial charge in [0.2, 0.25) is 0 Å². The number of rotatable bonds is 5. The maximum absolute atomic E-state index is 12.3. The van der Waals surface area contributed by atoms with E-state index in [1.165, 1.54) is 11.1 Å². The van der Waals surface area contributed by atoms with E-state index in [1.807, 2.05) is 18.7 Å². The molecule has 122 valence electrons. The molecule has 0 aromatic heterocycles. The van der Waals surface area contributed by atoms with Crippen molar-refractivity contribution in [3.63, 3.8) is 0 Å². The Kier molecular flexibility index (Phi) is 5.83. The van der Waals surface area contributed by atoms with Crippen LogP contribution in [0.3, 0.4) is 0 Å². The fourth-order valence-corrected chi connectivity index (χ4v) is 2.82. The average molecular weight is 304 g/mol. The summed E-state index contributed by atoms with van der Waals surface area (Å²) in [6.07, 6.45) is 3.67. The largest absolute Gasteiger partial charge is 0.396 e. The van der Waals surface area contributed by atoms with Crippen LogP contribution in [0.2, 0.25) is 0 Å². The van der Waals surface area contributed by atoms with Gasteiger partial charge in [-0.25, -0.2) is 4.79 Å². The Morgan fingerprint density at radius 3 is 2.36 bits per heavy atom. The van der Waals surface area contributed by atoms with E-state index >= 15 is 0 Å². The monoisotopic (exact) mass is 304 g/mol. The summed E-state index contributed by atoms with van der Waals surface area (Å²) in [5, 5.41) is 12.2. The maximum atomic E-state index is 12.3. The van der Waals surface area contributed by atoms with Crippen LogP contribution in [0.25, 0.3) is 0 Å². The zero-order chi connectivity index (χ0) is 16.0. The Balaban J connectivity index is 1.75. The molecule has 0 unspecified atom stereocenters. The standard InChI is InChI=1S/C18H28N2O2/c1-18(2,14-21)10-5-11-19-17(22)20-12-8-15-6-3-4-7-16(15)9-13-20/h3-4,6-7,21H,5,8-14H2,1-2H3,(H,19,22). The fourth-order valence-electron chi connectivity index (χ4n) is 2.82. The first-order valence-electron chi connectivity index (χ1n) is 8.22. The molecule has 0 spiro atoms. The van der Waals surface area contributed by atoms with Gasteiger partial charge >= 0.3 is 6.03 Å². The SMILES string of the molecule is CC(C)(CO)CCCNC(=O)N1CCc2ccccc2CC1. The molecule has 2 rings (SSSR count). The highest BCUT2D eigenvalue weighted by Gasteiger charge is 2.19. The quantitative estimate of drug-likeness (QED) is 0.822. The van der Waals surface area contributed by atoms with E-state index in [1.54, 1.807) is 0 Å². The minimum atomic E-state index is -0.0605. The highest BCUT2D eigenvalue weighted by atomic mass is 16.3. The normalized spacial score (nSPS) is 15.1. The fraction of sp³-hybridized carbons (Fsp3) is 0.611. The number of hydrogen-bond donors (Lipinski definition) is 2. The van der Waals surface area contributed by atoms with Gasteiger partial charge in [-0.05, 0) is 42.2 Å². The molecule has 0 saturated carbocycles. The molecule has 1 aliphatic rings. The van der Waals surface area contributed by atoms with E-state index < -0.39 is 0 Å². The highest BCUT2D eigenvalue weighted by Crippen LogP contribution is 2.20. The minimum Gasteiger partial charge on any atom is -0.396 e. The number of carbonyl (C=O) groups is 1. The molecule has 2 N–H and O–H groups in total. The van der Waals surface area contributed by atoms with Crippen molar-refractivity contribution in [2.75, 3.05) is 26.2 Å².